The minimum absolute atomic E-state index is 0.0472. The van der Waals surface area contributed by atoms with E-state index in [0.717, 1.165) is 28.7 Å². The number of rotatable bonds is 23. The number of piperazine rings is 1. The molecule has 0 aliphatic carbocycles. The van der Waals surface area contributed by atoms with E-state index in [2.05, 4.69) is 58.4 Å². The number of carbonyl (C=O) groups excluding carboxylic acids is 2. The van der Waals surface area contributed by atoms with Crippen molar-refractivity contribution in [2.75, 3.05) is 113 Å². The predicted octanol–water partition coefficient (Wildman–Crippen LogP) is 1.34. The molecule has 1 fully saturated rings. The Balaban J connectivity index is 0.599. The van der Waals surface area contributed by atoms with Gasteiger partial charge in [0.2, 0.25) is 17.8 Å². The van der Waals surface area contributed by atoms with Crippen molar-refractivity contribution in [1.82, 2.24) is 54.9 Å². The minimum Gasteiger partial charge on any atom is -0.424 e. The lowest BCUT2D eigenvalue weighted by Crippen LogP contribution is -2.56. The first-order chi connectivity index (χ1) is 35.2. The van der Waals surface area contributed by atoms with E-state index in [1.165, 1.54) is 24.3 Å². The van der Waals surface area contributed by atoms with E-state index in [1.807, 2.05) is 31.5 Å². The van der Waals surface area contributed by atoms with Gasteiger partial charge in [0.15, 0.2) is 11.2 Å². The number of ether oxygens (including phenoxy) is 4. The van der Waals surface area contributed by atoms with E-state index < -0.39 is 0 Å². The molecule has 0 spiro atoms. The van der Waals surface area contributed by atoms with Crippen LogP contribution in [-0.4, -0.2) is 165 Å². The third kappa shape index (κ3) is 12.0. The number of oxazole rings is 1. The largest absolute Gasteiger partial charge is 0.424 e. The maximum Gasteiger partial charge on any atom is 0.292 e. The van der Waals surface area contributed by atoms with Gasteiger partial charge in [-0.25, -0.2) is 34.6 Å². The molecule has 2 aromatic carbocycles. The van der Waals surface area contributed by atoms with Gasteiger partial charge in [0.05, 0.1) is 89.4 Å². The summed E-state index contributed by atoms with van der Waals surface area (Å²) in [6.45, 7) is 6.71. The molecular formula is C48H58N16O8. The number of nitrogens with one attached hydrogen (secondary N) is 1. The second-order valence-corrected chi connectivity index (χ2v) is 17.2. The van der Waals surface area contributed by atoms with Crippen molar-refractivity contribution < 1.29 is 38.1 Å². The van der Waals surface area contributed by atoms with Gasteiger partial charge in [-0.05, 0) is 41.3 Å². The number of aliphatic hydroxyl groups is 1. The van der Waals surface area contributed by atoms with Crippen molar-refractivity contribution in [1.29, 1.82) is 0 Å². The highest BCUT2D eigenvalue weighted by Crippen LogP contribution is 2.33. The van der Waals surface area contributed by atoms with Crippen LogP contribution in [-0.2, 0) is 49.8 Å². The van der Waals surface area contributed by atoms with Gasteiger partial charge in [-0.15, -0.1) is 0 Å². The highest BCUT2D eigenvalue weighted by molar-refractivity contribution is 5.99. The number of hydrogen-bond donors (Lipinski definition) is 5. The molecular weight excluding hydrogens is 929 g/mol. The first-order valence-electron chi connectivity index (χ1n) is 23.8. The number of nitrogens with two attached hydrogens (primary N) is 3. The first-order valence-corrected chi connectivity index (χ1v) is 23.8. The summed E-state index contributed by atoms with van der Waals surface area (Å²) in [6.07, 6.45) is 8.82. The van der Waals surface area contributed by atoms with Crippen LogP contribution < -0.4 is 32.3 Å². The molecule has 1 atom stereocenters. The van der Waals surface area contributed by atoms with Gasteiger partial charge in [0, 0.05) is 81.7 Å². The third-order valence-electron chi connectivity index (χ3n) is 12.4. The molecule has 0 radical (unpaired) electrons. The number of anilines is 4. The molecule has 378 valence electrons. The van der Waals surface area contributed by atoms with E-state index in [4.69, 9.17) is 45.7 Å². The lowest BCUT2D eigenvalue weighted by molar-refractivity contribution is -0.133. The van der Waals surface area contributed by atoms with Crippen LogP contribution in [0.1, 0.15) is 39.0 Å². The molecule has 72 heavy (non-hydrogen) atoms. The van der Waals surface area contributed by atoms with Crippen LogP contribution in [0.4, 0.5) is 23.7 Å². The second-order valence-electron chi connectivity index (χ2n) is 17.2. The van der Waals surface area contributed by atoms with Gasteiger partial charge < -0.3 is 65.7 Å². The quantitative estimate of drug-likeness (QED) is 0.0565. The predicted molar refractivity (Wildman–Crippen MR) is 264 cm³/mol. The van der Waals surface area contributed by atoms with E-state index in [9.17, 15) is 14.7 Å². The number of nitrogens with zero attached hydrogens (tertiary/aromatic N) is 12. The van der Waals surface area contributed by atoms with Gasteiger partial charge in [-0.2, -0.15) is 10.1 Å². The number of amides is 2. The molecule has 9 rings (SSSR count). The van der Waals surface area contributed by atoms with Crippen LogP contribution in [0.3, 0.4) is 0 Å². The Labute approximate surface area is 413 Å². The van der Waals surface area contributed by atoms with Gasteiger partial charge in [-0.1, -0.05) is 18.2 Å². The van der Waals surface area contributed by atoms with Crippen molar-refractivity contribution in [3.05, 3.63) is 95.3 Å². The average Bonchev–Trinajstić information content (AvgIpc) is 3.98. The second kappa shape index (κ2) is 23.6. The van der Waals surface area contributed by atoms with Crippen molar-refractivity contribution in [3.8, 4) is 11.3 Å². The van der Waals surface area contributed by atoms with Crippen molar-refractivity contribution in [3.63, 3.8) is 0 Å². The summed E-state index contributed by atoms with van der Waals surface area (Å²) in [5.41, 5.74) is 25.5. The van der Waals surface area contributed by atoms with Crippen LogP contribution in [0.15, 0.2) is 71.9 Å². The monoisotopic (exact) mass is 986 g/mol. The Bertz CT molecular complexity index is 2940. The topological polar surface area (TPSA) is 312 Å². The van der Waals surface area contributed by atoms with E-state index in [-0.39, 0.29) is 36.9 Å². The first kappa shape index (κ1) is 49.5. The fraction of sp³-hybridized carbons (Fsp3) is 0.417. The molecule has 24 nitrogen and oxygen atoms in total. The Morgan fingerprint density at radius 1 is 0.792 bits per heavy atom. The third-order valence-corrected chi connectivity index (χ3v) is 12.4. The summed E-state index contributed by atoms with van der Waals surface area (Å²) >= 11 is 0. The molecule has 2 aliphatic rings. The Hall–Kier alpha value is -7.48. The summed E-state index contributed by atoms with van der Waals surface area (Å²) in [6, 6.07) is 11.7. The van der Waals surface area contributed by atoms with Gasteiger partial charge in [0.1, 0.15) is 23.4 Å². The number of hydrogen-bond acceptors (Lipinski definition) is 21. The molecule has 1 saturated heterocycles. The number of nitrogen functional groups attached to an aromatic ring is 2. The Morgan fingerprint density at radius 2 is 1.53 bits per heavy atom. The van der Waals surface area contributed by atoms with Crippen LogP contribution in [0.5, 0.6) is 0 Å². The lowest BCUT2D eigenvalue weighted by atomic mass is 9.97. The average molecular weight is 987 g/mol. The van der Waals surface area contributed by atoms with E-state index in [0.29, 0.717) is 156 Å². The summed E-state index contributed by atoms with van der Waals surface area (Å²) in [5, 5.41) is 18.5. The molecule has 7 aromatic rings. The fourth-order valence-corrected chi connectivity index (χ4v) is 8.60. The minimum atomic E-state index is -0.308. The smallest absolute Gasteiger partial charge is 0.292 e. The number of carbonyl (C=O) groups is 2. The molecule has 7 heterocycles. The fourth-order valence-electron chi connectivity index (χ4n) is 8.60. The maximum atomic E-state index is 13.1. The zero-order valence-corrected chi connectivity index (χ0v) is 39.8. The van der Waals surface area contributed by atoms with Crippen LogP contribution in [0, 0.1) is 0 Å². The van der Waals surface area contributed by atoms with Crippen molar-refractivity contribution in [2.24, 2.45) is 5.73 Å². The highest BCUT2D eigenvalue weighted by atomic mass is 16.6. The molecule has 0 saturated carbocycles. The molecule has 24 heteroatoms. The van der Waals surface area contributed by atoms with Gasteiger partial charge in [-0.3, -0.25) is 9.59 Å². The number of benzene rings is 2. The molecule has 2 aliphatic heterocycles. The zero-order valence-electron chi connectivity index (χ0n) is 39.8. The van der Waals surface area contributed by atoms with Gasteiger partial charge >= 0.3 is 0 Å². The standard InChI is InChI=1S/C48H58N16O8/c49-21-32-22-53-48(54-23-32)63-10-9-62(28-37(63)29-65)47-55-24-36(25-56-47)45(67)52-7-12-69-14-16-71-18-17-70-15-13-68-11-6-40(66)61-8-5-33-19-31(1-2-35(33)27-61)26-64-44-41(43(50)57-30-58-44)42(60-64)34-3-4-39-38(20-34)59-46(51)72-39/h1-4,19-20,22-25,30,37,65H,5-18,21,26-29,49H2,(H2,51,59)(H,52,67)(H2,50,57,58). The number of fused-ring (bicyclic) bond motifs is 3. The molecule has 8 N–H and O–H groups in total. The Kier molecular flexibility index (Phi) is 16.2. The van der Waals surface area contributed by atoms with Crippen LogP contribution in [0.25, 0.3) is 33.4 Å². The summed E-state index contributed by atoms with van der Waals surface area (Å²) in [4.78, 5) is 62.2. The molecule has 0 bridgehead atoms. The van der Waals surface area contributed by atoms with Crippen molar-refractivity contribution >= 4 is 57.7 Å². The summed E-state index contributed by atoms with van der Waals surface area (Å²) < 4.78 is 29.7. The molecule has 2 amide bonds. The normalized spacial score (nSPS) is 14.9. The SMILES string of the molecule is NCc1cnc(N2CCN(c3ncc(C(=O)NCCOCCOCCOCCOCCC(=O)N4CCc5cc(Cn6nc(-c7ccc8oc(N)nc8c7)c7c(N)ncnc76)ccc5C4)cn3)CC2CO)nc1. The number of aliphatic hydroxyl groups excluding tert-OH is 1. The van der Waals surface area contributed by atoms with Crippen LogP contribution >= 0.6 is 0 Å². The maximum absolute atomic E-state index is 13.1. The zero-order chi connectivity index (χ0) is 49.8. The van der Waals surface area contributed by atoms with E-state index in [1.54, 1.807) is 18.5 Å². The van der Waals surface area contributed by atoms with E-state index >= 15 is 0 Å². The van der Waals surface area contributed by atoms with Crippen molar-refractivity contribution in [2.45, 2.75) is 38.5 Å². The molecule has 1 unspecified atom stereocenters. The summed E-state index contributed by atoms with van der Waals surface area (Å²) in [5.74, 6) is 1.07. The Morgan fingerprint density at radius 3 is 2.28 bits per heavy atom. The highest BCUT2D eigenvalue weighted by Gasteiger charge is 2.30. The lowest BCUT2D eigenvalue weighted by Gasteiger charge is -2.40. The van der Waals surface area contributed by atoms with Crippen LogP contribution in [0.2, 0.25) is 0 Å². The summed E-state index contributed by atoms with van der Waals surface area (Å²) in [7, 11) is 0. The molecule has 5 aromatic heterocycles. The van der Waals surface area contributed by atoms with Gasteiger partial charge in [0.25, 0.3) is 11.9 Å². The number of aromatic nitrogens is 9.